The first-order valence-electron chi connectivity index (χ1n) is 10.8. The summed E-state index contributed by atoms with van der Waals surface area (Å²) >= 11 is 0. The molecule has 1 aliphatic carbocycles. The van der Waals surface area contributed by atoms with Gasteiger partial charge in [-0.25, -0.2) is 9.37 Å². The SMILES string of the molecule is Cc1ccncc1-c1cc2cc(Nc3cc4n(n3)CC(=O)NCC43CC3)ncc2c(N)c1F. The highest BCUT2D eigenvalue weighted by Gasteiger charge is 2.48. The van der Waals surface area contributed by atoms with Gasteiger partial charge < -0.3 is 16.4 Å². The Morgan fingerprint density at radius 2 is 2.03 bits per heavy atom. The summed E-state index contributed by atoms with van der Waals surface area (Å²) in [5, 5.41) is 12.1. The van der Waals surface area contributed by atoms with E-state index in [2.05, 4.69) is 25.7 Å². The highest BCUT2D eigenvalue weighted by Crippen LogP contribution is 2.49. The topological polar surface area (TPSA) is 111 Å². The first kappa shape index (κ1) is 19.7. The van der Waals surface area contributed by atoms with E-state index in [0.29, 0.717) is 34.7 Å². The zero-order chi connectivity index (χ0) is 22.7. The number of hydrogen-bond donors (Lipinski definition) is 3. The number of nitrogens with one attached hydrogen (secondary N) is 2. The number of aromatic nitrogens is 4. The van der Waals surface area contributed by atoms with E-state index in [1.54, 1.807) is 29.3 Å². The summed E-state index contributed by atoms with van der Waals surface area (Å²) in [6.07, 6.45) is 6.95. The van der Waals surface area contributed by atoms with Gasteiger partial charge in [0.1, 0.15) is 12.4 Å². The lowest BCUT2D eigenvalue weighted by molar-refractivity contribution is -0.121. The van der Waals surface area contributed by atoms with Crippen LogP contribution in [-0.2, 0) is 16.8 Å². The highest BCUT2D eigenvalue weighted by molar-refractivity contribution is 5.98. The van der Waals surface area contributed by atoms with Crippen LogP contribution in [0.2, 0.25) is 0 Å². The van der Waals surface area contributed by atoms with Crippen molar-refractivity contribution in [3.8, 4) is 11.1 Å². The lowest BCUT2D eigenvalue weighted by Gasteiger charge is -2.12. The Balaban J connectivity index is 1.39. The van der Waals surface area contributed by atoms with Gasteiger partial charge in [-0.15, -0.1) is 0 Å². The van der Waals surface area contributed by atoms with Crippen molar-refractivity contribution in [3.63, 3.8) is 0 Å². The van der Waals surface area contributed by atoms with Crippen molar-refractivity contribution in [1.82, 2.24) is 25.1 Å². The van der Waals surface area contributed by atoms with Crippen molar-refractivity contribution in [2.45, 2.75) is 31.7 Å². The van der Waals surface area contributed by atoms with E-state index in [1.807, 2.05) is 25.1 Å². The maximum Gasteiger partial charge on any atom is 0.241 e. The zero-order valence-electron chi connectivity index (χ0n) is 18.0. The molecule has 0 unspecified atom stereocenters. The second-order valence-corrected chi connectivity index (χ2v) is 8.89. The summed E-state index contributed by atoms with van der Waals surface area (Å²) in [4.78, 5) is 20.6. The third-order valence-electron chi connectivity index (χ3n) is 6.68. The quantitative estimate of drug-likeness (QED) is 0.419. The van der Waals surface area contributed by atoms with Crippen molar-refractivity contribution in [3.05, 3.63) is 59.9 Å². The number of nitrogen functional groups attached to an aromatic ring is 1. The average molecular weight is 443 g/mol. The molecule has 1 aliphatic heterocycles. The minimum absolute atomic E-state index is 0.0155. The number of pyridine rings is 2. The molecule has 0 radical (unpaired) electrons. The minimum atomic E-state index is -0.480. The molecule has 4 heterocycles. The molecule has 4 N–H and O–H groups in total. The van der Waals surface area contributed by atoms with Gasteiger partial charge in [0, 0.05) is 58.8 Å². The van der Waals surface area contributed by atoms with Crippen LogP contribution in [0.25, 0.3) is 21.9 Å². The smallest absolute Gasteiger partial charge is 0.241 e. The van der Waals surface area contributed by atoms with Gasteiger partial charge in [-0.3, -0.25) is 14.5 Å². The molecule has 166 valence electrons. The van der Waals surface area contributed by atoms with Gasteiger partial charge in [-0.05, 0) is 48.9 Å². The number of carbonyl (C=O) groups excluding carboxylic acids is 1. The summed E-state index contributed by atoms with van der Waals surface area (Å²) in [6, 6.07) is 7.42. The molecule has 8 nitrogen and oxygen atoms in total. The Bertz CT molecular complexity index is 1440. The van der Waals surface area contributed by atoms with Crippen LogP contribution in [0.4, 0.5) is 21.7 Å². The summed E-state index contributed by atoms with van der Waals surface area (Å²) < 4.78 is 16.9. The monoisotopic (exact) mass is 443 g/mol. The number of anilines is 3. The van der Waals surface area contributed by atoms with E-state index in [4.69, 9.17) is 5.73 Å². The van der Waals surface area contributed by atoms with Gasteiger partial charge in [-0.1, -0.05) is 0 Å². The summed E-state index contributed by atoms with van der Waals surface area (Å²) in [5.41, 5.74) is 9.24. The number of nitrogens with two attached hydrogens (primary N) is 1. The molecule has 0 saturated heterocycles. The lowest BCUT2D eigenvalue weighted by Crippen LogP contribution is -2.29. The number of amides is 1. The van der Waals surface area contributed by atoms with E-state index >= 15 is 4.39 Å². The maximum absolute atomic E-state index is 15.1. The van der Waals surface area contributed by atoms with Crippen LogP contribution < -0.4 is 16.4 Å². The maximum atomic E-state index is 15.1. The summed E-state index contributed by atoms with van der Waals surface area (Å²) in [7, 11) is 0. The first-order valence-corrected chi connectivity index (χ1v) is 10.8. The summed E-state index contributed by atoms with van der Waals surface area (Å²) in [6.45, 7) is 2.76. The van der Waals surface area contributed by atoms with Crippen LogP contribution >= 0.6 is 0 Å². The van der Waals surface area contributed by atoms with Crippen molar-refractivity contribution in [2.75, 3.05) is 17.6 Å². The number of aryl methyl sites for hydroxylation is 1. The normalized spacial score (nSPS) is 16.4. The molecule has 6 rings (SSSR count). The molecule has 1 spiro atoms. The van der Waals surface area contributed by atoms with Gasteiger partial charge in [0.15, 0.2) is 11.6 Å². The number of halogens is 1. The number of rotatable bonds is 3. The Morgan fingerprint density at radius 1 is 1.18 bits per heavy atom. The molecular formula is C24H22FN7O. The number of hydrogen-bond acceptors (Lipinski definition) is 6. The van der Waals surface area contributed by atoms with E-state index in [-0.39, 0.29) is 23.6 Å². The van der Waals surface area contributed by atoms with Crippen molar-refractivity contribution in [2.24, 2.45) is 0 Å². The van der Waals surface area contributed by atoms with Crippen molar-refractivity contribution < 1.29 is 9.18 Å². The fraction of sp³-hybridized carbons (Fsp3) is 0.250. The second-order valence-electron chi connectivity index (χ2n) is 8.89. The van der Waals surface area contributed by atoms with Gasteiger partial charge >= 0.3 is 0 Å². The fourth-order valence-corrected chi connectivity index (χ4v) is 4.60. The van der Waals surface area contributed by atoms with Crippen LogP contribution in [0.15, 0.2) is 42.9 Å². The Labute approximate surface area is 189 Å². The second kappa shape index (κ2) is 6.99. The predicted molar refractivity (Wildman–Crippen MR) is 124 cm³/mol. The van der Waals surface area contributed by atoms with E-state index < -0.39 is 5.82 Å². The standard InChI is InChI=1S/C24H22FN7O/c1-13-2-5-27-9-16(13)15-6-14-7-19(28-10-17(14)23(26)22(15)25)30-20-8-18-24(3-4-24)12-29-21(33)11-32(18)31-20/h2,5-10H,3-4,11-12,26H2,1H3,(H,29,33)(H,28,30,31). The molecule has 1 aromatic carbocycles. The fourth-order valence-electron chi connectivity index (χ4n) is 4.60. The zero-order valence-corrected chi connectivity index (χ0v) is 18.0. The van der Waals surface area contributed by atoms with Crippen LogP contribution in [-0.4, -0.2) is 32.2 Å². The molecule has 9 heteroatoms. The van der Waals surface area contributed by atoms with E-state index in [1.165, 1.54) is 0 Å². The molecule has 4 aromatic rings. The van der Waals surface area contributed by atoms with Gasteiger partial charge in [0.05, 0.1) is 5.69 Å². The minimum Gasteiger partial charge on any atom is -0.396 e. The number of nitrogens with zero attached hydrogens (tertiary/aromatic N) is 4. The molecular weight excluding hydrogens is 421 g/mol. The van der Waals surface area contributed by atoms with Crippen LogP contribution in [0.3, 0.4) is 0 Å². The van der Waals surface area contributed by atoms with Crippen LogP contribution in [0, 0.1) is 12.7 Å². The molecule has 2 aliphatic rings. The molecule has 1 fully saturated rings. The first-order chi connectivity index (χ1) is 15.9. The number of benzene rings is 1. The Kier molecular flexibility index (Phi) is 4.17. The molecule has 1 amide bonds. The van der Waals surface area contributed by atoms with Crippen LogP contribution in [0.5, 0.6) is 0 Å². The highest BCUT2D eigenvalue weighted by atomic mass is 19.1. The molecule has 3 aromatic heterocycles. The molecule has 0 atom stereocenters. The van der Waals surface area contributed by atoms with Gasteiger partial charge in [0.2, 0.25) is 5.91 Å². The Morgan fingerprint density at radius 3 is 2.82 bits per heavy atom. The largest absolute Gasteiger partial charge is 0.396 e. The van der Waals surface area contributed by atoms with E-state index in [0.717, 1.165) is 29.5 Å². The molecule has 33 heavy (non-hydrogen) atoms. The number of fused-ring (bicyclic) bond motifs is 3. The third-order valence-corrected chi connectivity index (χ3v) is 6.68. The molecule has 0 bridgehead atoms. The Hall–Kier alpha value is -4.01. The van der Waals surface area contributed by atoms with Crippen molar-refractivity contribution >= 4 is 34.0 Å². The van der Waals surface area contributed by atoms with Gasteiger partial charge in [-0.2, -0.15) is 5.10 Å². The van der Waals surface area contributed by atoms with Gasteiger partial charge in [0.25, 0.3) is 0 Å². The average Bonchev–Trinajstić information content (AvgIpc) is 3.51. The van der Waals surface area contributed by atoms with E-state index in [9.17, 15) is 4.79 Å². The number of carbonyl (C=O) groups is 1. The van der Waals surface area contributed by atoms with Crippen LogP contribution in [0.1, 0.15) is 24.1 Å². The predicted octanol–water partition coefficient (Wildman–Crippen LogP) is 3.43. The molecule has 1 saturated carbocycles. The summed E-state index contributed by atoms with van der Waals surface area (Å²) in [5.74, 6) is 0.669. The van der Waals surface area contributed by atoms with Crippen molar-refractivity contribution in [1.29, 1.82) is 0 Å². The lowest BCUT2D eigenvalue weighted by atomic mass is 9.98. The third kappa shape index (κ3) is 3.19.